The smallest absolute Gasteiger partial charge is 0.303 e. The van der Waals surface area contributed by atoms with E-state index in [0.717, 1.165) is 0 Å². The van der Waals surface area contributed by atoms with Crippen LogP contribution in [-0.2, 0) is 9.59 Å². The summed E-state index contributed by atoms with van der Waals surface area (Å²) in [4.78, 5) is 21.8. The molecular weight excluding hydrogens is 182 g/mol. The fraction of sp³-hybridized carbons (Fsp3) is 0.800. The Bertz CT molecular complexity index is 221. The quantitative estimate of drug-likeness (QED) is 0.706. The number of carboxylic acids is 1. The Labute approximate surface area is 84.7 Å². The van der Waals surface area contributed by atoms with Crippen LogP contribution in [0.25, 0.3) is 0 Å². The SMILES string of the molecule is CC(C)NC(=O)CC(C)(C)CC(=O)O. The van der Waals surface area contributed by atoms with Crippen LogP contribution in [0, 0.1) is 5.41 Å². The van der Waals surface area contributed by atoms with Gasteiger partial charge in [0.1, 0.15) is 0 Å². The number of carboxylic acid groups (broad SMARTS) is 1. The summed E-state index contributed by atoms with van der Waals surface area (Å²) in [5.41, 5.74) is -0.481. The summed E-state index contributed by atoms with van der Waals surface area (Å²) in [6.07, 6.45) is 0.260. The molecule has 0 aliphatic heterocycles. The van der Waals surface area contributed by atoms with Gasteiger partial charge in [-0.3, -0.25) is 9.59 Å². The largest absolute Gasteiger partial charge is 0.481 e. The van der Waals surface area contributed by atoms with Gasteiger partial charge in [-0.1, -0.05) is 13.8 Å². The molecule has 0 radical (unpaired) electrons. The van der Waals surface area contributed by atoms with Crippen molar-refractivity contribution in [1.82, 2.24) is 5.32 Å². The molecule has 82 valence electrons. The number of rotatable bonds is 5. The number of amides is 1. The summed E-state index contributed by atoms with van der Waals surface area (Å²) in [7, 11) is 0. The molecule has 0 spiro atoms. The lowest BCUT2D eigenvalue weighted by molar-refractivity contribution is -0.139. The Kier molecular flexibility index (Phi) is 4.60. The Hall–Kier alpha value is -1.06. The topological polar surface area (TPSA) is 66.4 Å². The maximum Gasteiger partial charge on any atom is 0.303 e. The molecule has 1 amide bonds. The lowest BCUT2D eigenvalue weighted by Crippen LogP contribution is -2.34. The van der Waals surface area contributed by atoms with E-state index in [0.29, 0.717) is 0 Å². The Morgan fingerprint density at radius 3 is 2.14 bits per heavy atom. The summed E-state index contributed by atoms with van der Waals surface area (Å²) in [6.45, 7) is 7.31. The molecule has 0 heterocycles. The Morgan fingerprint density at radius 2 is 1.79 bits per heavy atom. The van der Waals surface area contributed by atoms with E-state index in [1.807, 2.05) is 13.8 Å². The predicted molar refractivity (Wildman–Crippen MR) is 53.9 cm³/mol. The zero-order valence-electron chi connectivity index (χ0n) is 9.26. The van der Waals surface area contributed by atoms with Crippen molar-refractivity contribution >= 4 is 11.9 Å². The number of aliphatic carboxylic acids is 1. The molecule has 0 bridgehead atoms. The zero-order valence-corrected chi connectivity index (χ0v) is 9.26. The summed E-state index contributed by atoms with van der Waals surface area (Å²) in [5.74, 6) is -0.960. The van der Waals surface area contributed by atoms with Gasteiger partial charge in [0, 0.05) is 12.5 Å². The highest BCUT2D eigenvalue weighted by atomic mass is 16.4. The average Bonchev–Trinajstić information content (AvgIpc) is 1.77. The van der Waals surface area contributed by atoms with Gasteiger partial charge >= 0.3 is 5.97 Å². The normalized spacial score (nSPS) is 11.5. The highest BCUT2D eigenvalue weighted by Gasteiger charge is 2.25. The molecule has 0 fully saturated rings. The number of hydrogen-bond donors (Lipinski definition) is 2. The first kappa shape index (κ1) is 12.9. The van der Waals surface area contributed by atoms with Gasteiger partial charge in [0.15, 0.2) is 0 Å². The van der Waals surface area contributed by atoms with Gasteiger partial charge in [-0.05, 0) is 19.3 Å². The summed E-state index contributed by atoms with van der Waals surface area (Å²) >= 11 is 0. The minimum absolute atomic E-state index is 0.0124. The monoisotopic (exact) mass is 201 g/mol. The van der Waals surface area contributed by atoms with E-state index < -0.39 is 11.4 Å². The standard InChI is InChI=1S/C10H19NO3/c1-7(2)11-8(12)5-10(3,4)6-9(13)14/h7H,5-6H2,1-4H3,(H,11,12)(H,13,14). The van der Waals surface area contributed by atoms with E-state index in [1.54, 1.807) is 13.8 Å². The van der Waals surface area contributed by atoms with Crippen molar-refractivity contribution < 1.29 is 14.7 Å². The van der Waals surface area contributed by atoms with Crippen LogP contribution < -0.4 is 5.32 Å². The second kappa shape index (κ2) is 4.98. The highest BCUT2D eigenvalue weighted by molar-refractivity contribution is 5.78. The molecule has 14 heavy (non-hydrogen) atoms. The lowest BCUT2D eigenvalue weighted by atomic mass is 9.85. The highest BCUT2D eigenvalue weighted by Crippen LogP contribution is 2.24. The first-order valence-electron chi connectivity index (χ1n) is 4.74. The molecule has 0 aromatic rings. The molecule has 0 saturated heterocycles. The van der Waals surface area contributed by atoms with Gasteiger partial charge in [0.05, 0.1) is 6.42 Å². The molecule has 0 aromatic heterocycles. The Morgan fingerprint density at radius 1 is 1.29 bits per heavy atom. The third-order valence-electron chi connectivity index (χ3n) is 1.72. The predicted octanol–water partition coefficient (Wildman–Crippen LogP) is 1.40. The van der Waals surface area contributed by atoms with Crippen molar-refractivity contribution in [2.24, 2.45) is 5.41 Å². The van der Waals surface area contributed by atoms with Gasteiger partial charge in [-0.2, -0.15) is 0 Å². The fourth-order valence-corrected chi connectivity index (χ4v) is 1.28. The van der Waals surface area contributed by atoms with Crippen molar-refractivity contribution in [3.8, 4) is 0 Å². The number of carbonyl (C=O) groups is 2. The minimum atomic E-state index is -0.868. The molecule has 0 rings (SSSR count). The molecule has 0 aliphatic carbocycles. The zero-order chi connectivity index (χ0) is 11.4. The number of hydrogen-bond acceptors (Lipinski definition) is 2. The molecule has 2 N–H and O–H groups in total. The van der Waals surface area contributed by atoms with Crippen LogP contribution in [0.3, 0.4) is 0 Å². The van der Waals surface area contributed by atoms with Gasteiger partial charge in [0.25, 0.3) is 0 Å². The van der Waals surface area contributed by atoms with Crippen LogP contribution in [0.1, 0.15) is 40.5 Å². The average molecular weight is 201 g/mol. The molecule has 0 aromatic carbocycles. The van der Waals surface area contributed by atoms with Crippen molar-refractivity contribution in [3.63, 3.8) is 0 Å². The third kappa shape index (κ3) is 6.46. The minimum Gasteiger partial charge on any atom is -0.481 e. The van der Waals surface area contributed by atoms with Crippen LogP contribution >= 0.6 is 0 Å². The third-order valence-corrected chi connectivity index (χ3v) is 1.72. The molecule has 0 unspecified atom stereocenters. The first-order chi connectivity index (χ1) is 6.23. The molecule has 4 heteroatoms. The van der Waals surface area contributed by atoms with Crippen LogP contribution in [0.15, 0.2) is 0 Å². The molecule has 0 saturated carbocycles. The van der Waals surface area contributed by atoms with Crippen molar-refractivity contribution in [2.75, 3.05) is 0 Å². The molecular formula is C10H19NO3. The van der Waals surface area contributed by atoms with Crippen LogP contribution in [0.5, 0.6) is 0 Å². The van der Waals surface area contributed by atoms with Gasteiger partial charge in [0.2, 0.25) is 5.91 Å². The summed E-state index contributed by atoms with van der Waals surface area (Å²) < 4.78 is 0. The maximum absolute atomic E-state index is 11.3. The van der Waals surface area contributed by atoms with Gasteiger partial charge < -0.3 is 10.4 Å². The number of nitrogens with one attached hydrogen (secondary N) is 1. The Balaban J connectivity index is 4.08. The van der Waals surface area contributed by atoms with Crippen LogP contribution in [0.2, 0.25) is 0 Å². The van der Waals surface area contributed by atoms with Crippen LogP contribution in [-0.4, -0.2) is 23.0 Å². The van der Waals surface area contributed by atoms with Crippen LogP contribution in [0.4, 0.5) is 0 Å². The van der Waals surface area contributed by atoms with E-state index in [1.165, 1.54) is 0 Å². The summed E-state index contributed by atoms with van der Waals surface area (Å²) in [5, 5.41) is 11.4. The molecule has 0 atom stereocenters. The van der Waals surface area contributed by atoms with Crippen molar-refractivity contribution in [3.05, 3.63) is 0 Å². The van der Waals surface area contributed by atoms with E-state index in [4.69, 9.17) is 5.11 Å². The second-order valence-corrected chi connectivity index (χ2v) is 4.63. The van der Waals surface area contributed by atoms with E-state index in [9.17, 15) is 9.59 Å². The second-order valence-electron chi connectivity index (χ2n) is 4.63. The van der Waals surface area contributed by atoms with E-state index in [2.05, 4.69) is 5.32 Å². The van der Waals surface area contributed by atoms with Gasteiger partial charge in [-0.25, -0.2) is 0 Å². The fourth-order valence-electron chi connectivity index (χ4n) is 1.28. The van der Waals surface area contributed by atoms with Gasteiger partial charge in [-0.15, -0.1) is 0 Å². The number of carbonyl (C=O) groups excluding carboxylic acids is 1. The van der Waals surface area contributed by atoms with E-state index >= 15 is 0 Å². The maximum atomic E-state index is 11.3. The van der Waals surface area contributed by atoms with Crippen molar-refractivity contribution in [1.29, 1.82) is 0 Å². The lowest BCUT2D eigenvalue weighted by Gasteiger charge is -2.22. The summed E-state index contributed by atoms with van der Waals surface area (Å²) in [6, 6.07) is 0.100. The molecule has 4 nitrogen and oxygen atoms in total. The molecule has 0 aliphatic rings. The van der Waals surface area contributed by atoms with E-state index in [-0.39, 0.29) is 24.8 Å². The van der Waals surface area contributed by atoms with Crippen molar-refractivity contribution in [2.45, 2.75) is 46.6 Å². The first-order valence-corrected chi connectivity index (χ1v) is 4.74.